The minimum Gasteiger partial charge on any atom is -0.370 e. The van der Waals surface area contributed by atoms with E-state index >= 15 is 0 Å². The number of amides is 1. The van der Waals surface area contributed by atoms with Gasteiger partial charge in [-0.15, -0.1) is 0 Å². The first-order chi connectivity index (χ1) is 6.18. The number of hydrogen-bond donors (Lipinski definition) is 1. The summed E-state index contributed by atoms with van der Waals surface area (Å²) in [6, 6.07) is 4.00. The van der Waals surface area contributed by atoms with Crippen molar-refractivity contribution >= 4 is 5.91 Å². The molecule has 0 aromatic carbocycles. The lowest BCUT2D eigenvalue weighted by molar-refractivity contribution is -0.118. The second-order valence-electron chi connectivity index (χ2n) is 3.15. The fourth-order valence-electron chi connectivity index (χ4n) is 1.09. The molecule has 70 valence electrons. The lowest BCUT2D eigenvalue weighted by Crippen LogP contribution is -2.10. The van der Waals surface area contributed by atoms with Gasteiger partial charge in [-0.2, -0.15) is 0 Å². The molecular weight excluding hydrogens is 164 g/mol. The third-order valence-electron chi connectivity index (χ3n) is 1.83. The lowest BCUT2D eigenvalue weighted by Gasteiger charge is -1.99. The number of primary amides is 1. The molecule has 13 heavy (non-hydrogen) atoms. The Morgan fingerprint density at radius 3 is 2.85 bits per heavy atom. The molecule has 0 aliphatic carbocycles. The van der Waals surface area contributed by atoms with Crippen LogP contribution in [0.2, 0.25) is 0 Å². The van der Waals surface area contributed by atoms with E-state index in [1.165, 1.54) is 0 Å². The van der Waals surface area contributed by atoms with Crippen molar-refractivity contribution in [3.8, 4) is 0 Å². The molecule has 0 aliphatic heterocycles. The highest BCUT2D eigenvalue weighted by molar-refractivity contribution is 5.73. The highest BCUT2D eigenvalue weighted by atomic mass is 16.1. The molecule has 0 radical (unpaired) electrons. The van der Waals surface area contributed by atoms with Crippen LogP contribution in [0.3, 0.4) is 0 Å². The van der Waals surface area contributed by atoms with Crippen molar-refractivity contribution < 1.29 is 4.79 Å². The summed E-state index contributed by atoms with van der Waals surface area (Å²) in [5, 5.41) is 0. The summed E-state index contributed by atoms with van der Waals surface area (Å²) < 4.78 is 0. The third-order valence-corrected chi connectivity index (χ3v) is 1.83. The van der Waals surface area contributed by atoms with Crippen LogP contribution in [-0.2, 0) is 11.2 Å². The predicted octanol–water partition coefficient (Wildman–Crippen LogP) is 1.20. The number of nitrogens with zero attached hydrogens (tertiary/aromatic N) is 1. The first-order valence-electron chi connectivity index (χ1n) is 4.38. The van der Waals surface area contributed by atoms with Crippen molar-refractivity contribution in [2.75, 3.05) is 0 Å². The molecular formula is C10H14N2O. The Balaban J connectivity index is 2.37. The number of hydrogen-bond acceptors (Lipinski definition) is 2. The zero-order valence-corrected chi connectivity index (χ0v) is 7.79. The van der Waals surface area contributed by atoms with E-state index < -0.39 is 0 Å². The number of carbonyl (C=O) groups excluding carboxylic acids is 1. The molecule has 0 spiro atoms. The summed E-state index contributed by atoms with van der Waals surface area (Å²) in [6.07, 6.45) is 3.88. The Hall–Kier alpha value is -1.38. The number of aryl methyl sites for hydroxylation is 2. The van der Waals surface area contributed by atoms with E-state index in [1.54, 1.807) is 0 Å². The molecule has 1 heterocycles. The van der Waals surface area contributed by atoms with Crippen molar-refractivity contribution in [2.24, 2.45) is 5.73 Å². The van der Waals surface area contributed by atoms with Gasteiger partial charge in [0.2, 0.25) is 5.91 Å². The molecule has 1 aromatic heterocycles. The van der Waals surface area contributed by atoms with Crippen molar-refractivity contribution in [1.82, 2.24) is 4.98 Å². The standard InChI is InChI=1S/C10H14N2O/c1-8-5-6-9(12-7-8)3-2-4-10(11)13/h5-7H,2-4H2,1H3,(H2,11,13). The van der Waals surface area contributed by atoms with Crippen LogP contribution in [0.25, 0.3) is 0 Å². The molecule has 0 fully saturated rings. The number of nitrogens with two attached hydrogens (primary N) is 1. The van der Waals surface area contributed by atoms with Crippen LogP contribution in [0.4, 0.5) is 0 Å². The van der Waals surface area contributed by atoms with Gasteiger partial charge < -0.3 is 5.73 Å². The lowest BCUT2D eigenvalue weighted by atomic mass is 10.1. The molecule has 1 amide bonds. The second kappa shape index (κ2) is 4.60. The minimum absolute atomic E-state index is 0.243. The van der Waals surface area contributed by atoms with E-state index in [1.807, 2.05) is 25.3 Å². The fraction of sp³-hybridized carbons (Fsp3) is 0.400. The van der Waals surface area contributed by atoms with Crippen LogP contribution in [0.15, 0.2) is 18.3 Å². The van der Waals surface area contributed by atoms with E-state index in [0.717, 1.165) is 24.1 Å². The molecule has 2 N–H and O–H groups in total. The normalized spacial score (nSPS) is 9.92. The highest BCUT2D eigenvalue weighted by Gasteiger charge is 1.97. The van der Waals surface area contributed by atoms with Gasteiger partial charge in [0.25, 0.3) is 0 Å². The van der Waals surface area contributed by atoms with E-state index in [2.05, 4.69) is 4.98 Å². The molecule has 0 bridgehead atoms. The monoisotopic (exact) mass is 178 g/mol. The quantitative estimate of drug-likeness (QED) is 0.753. The summed E-state index contributed by atoms with van der Waals surface area (Å²) in [4.78, 5) is 14.7. The number of rotatable bonds is 4. The molecule has 3 nitrogen and oxygen atoms in total. The number of carbonyl (C=O) groups is 1. The van der Waals surface area contributed by atoms with Crippen molar-refractivity contribution in [3.63, 3.8) is 0 Å². The predicted molar refractivity (Wildman–Crippen MR) is 51.1 cm³/mol. The van der Waals surface area contributed by atoms with Crippen LogP contribution in [0.1, 0.15) is 24.1 Å². The first kappa shape index (κ1) is 9.71. The summed E-state index contributed by atoms with van der Waals surface area (Å²) >= 11 is 0. The second-order valence-corrected chi connectivity index (χ2v) is 3.15. The molecule has 0 atom stereocenters. The molecule has 0 saturated carbocycles. The molecule has 0 saturated heterocycles. The van der Waals surface area contributed by atoms with Crippen molar-refractivity contribution in [2.45, 2.75) is 26.2 Å². The molecule has 1 rings (SSSR count). The van der Waals surface area contributed by atoms with Gasteiger partial charge >= 0.3 is 0 Å². The van der Waals surface area contributed by atoms with Gasteiger partial charge in [-0.05, 0) is 31.4 Å². The zero-order valence-electron chi connectivity index (χ0n) is 7.79. The van der Waals surface area contributed by atoms with Crippen LogP contribution in [-0.4, -0.2) is 10.9 Å². The topological polar surface area (TPSA) is 56.0 Å². The molecule has 0 unspecified atom stereocenters. The maximum Gasteiger partial charge on any atom is 0.217 e. The average Bonchev–Trinajstić information content (AvgIpc) is 2.08. The maximum absolute atomic E-state index is 10.4. The SMILES string of the molecule is Cc1ccc(CCCC(N)=O)nc1. The van der Waals surface area contributed by atoms with Crippen LogP contribution < -0.4 is 5.73 Å². The first-order valence-corrected chi connectivity index (χ1v) is 4.38. The largest absolute Gasteiger partial charge is 0.370 e. The van der Waals surface area contributed by atoms with E-state index in [4.69, 9.17) is 5.73 Å². The summed E-state index contributed by atoms with van der Waals surface area (Å²) in [5.41, 5.74) is 7.19. The van der Waals surface area contributed by atoms with E-state index in [0.29, 0.717) is 6.42 Å². The smallest absolute Gasteiger partial charge is 0.217 e. The van der Waals surface area contributed by atoms with E-state index in [-0.39, 0.29) is 5.91 Å². The van der Waals surface area contributed by atoms with Crippen molar-refractivity contribution in [1.29, 1.82) is 0 Å². The average molecular weight is 178 g/mol. The molecule has 3 heteroatoms. The van der Waals surface area contributed by atoms with Gasteiger partial charge in [-0.25, -0.2) is 0 Å². The maximum atomic E-state index is 10.4. The summed E-state index contributed by atoms with van der Waals surface area (Å²) in [5.74, 6) is -0.243. The Bertz CT molecular complexity index is 279. The van der Waals surface area contributed by atoms with Crippen LogP contribution in [0.5, 0.6) is 0 Å². The number of aromatic nitrogens is 1. The summed E-state index contributed by atoms with van der Waals surface area (Å²) in [7, 11) is 0. The van der Waals surface area contributed by atoms with Gasteiger partial charge in [0.05, 0.1) is 0 Å². The Morgan fingerprint density at radius 1 is 1.54 bits per heavy atom. The van der Waals surface area contributed by atoms with Gasteiger partial charge in [0.1, 0.15) is 0 Å². The molecule has 1 aromatic rings. The number of pyridine rings is 1. The van der Waals surface area contributed by atoms with Gasteiger partial charge in [-0.3, -0.25) is 9.78 Å². The van der Waals surface area contributed by atoms with Gasteiger partial charge in [0.15, 0.2) is 0 Å². The van der Waals surface area contributed by atoms with Crippen LogP contribution >= 0.6 is 0 Å². The minimum atomic E-state index is -0.243. The third kappa shape index (κ3) is 3.69. The Labute approximate surface area is 78.0 Å². The Morgan fingerprint density at radius 2 is 2.31 bits per heavy atom. The fourth-order valence-corrected chi connectivity index (χ4v) is 1.09. The summed E-state index contributed by atoms with van der Waals surface area (Å²) in [6.45, 7) is 2.00. The Kier molecular flexibility index (Phi) is 3.43. The van der Waals surface area contributed by atoms with Crippen LogP contribution in [0, 0.1) is 6.92 Å². The van der Waals surface area contributed by atoms with Crippen molar-refractivity contribution in [3.05, 3.63) is 29.6 Å². The van der Waals surface area contributed by atoms with Gasteiger partial charge in [-0.1, -0.05) is 6.07 Å². The highest BCUT2D eigenvalue weighted by Crippen LogP contribution is 2.02. The molecule has 0 aliphatic rings. The van der Waals surface area contributed by atoms with Gasteiger partial charge in [0, 0.05) is 18.3 Å². The van der Waals surface area contributed by atoms with E-state index in [9.17, 15) is 4.79 Å². The zero-order chi connectivity index (χ0) is 9.68.